The van der Waals surface area contributed by atoms with Gasteiger partial charge in [0.05, 0.1) is 0 Å². The zero-order valence-corrected chi connectivity index (χ0v) is 11.3. The number of carboxylic acid groups (broad SMARTS) is 1. The van der Waals surface area contributed by atoms with Crippen LogP contribution in [0.25, 0.3) is 0 Å². The van der Waals surface area contributed by atoms with Gasteiger partial charge in [0.2, 0.25) is 0 Å². The number of amides is 1. The quantitative estimate of drug-likeness (QED) is 0.800. The Balaban J connectivity index is 2.73. The zero-order valence-electron chi connectivity index (χ0n) is 11.3. The molecule has 1 aliphatic heterocycles. The van der Waals surface area contributed by atoms with Crippen LogP contribution >= 0.6 is 0 Å². The Morgan fingerprint density at radius 3 is 2.37 bits per heavy atom. The zero-order chi connectivity index (χ0) is 14.8. The Kier molecular flexibility index (Phi) is 4.37. The van der Waals surface area contributed by atoms with Gasteiger partial charge >= 0.3 is 12.1 Å². The summed E-state index contributed by atoms with van der Waals surface area (Å²) in [6, 6.07) is 0. The lowest BCUT2D eigenvalue weighted by Gasteiger charge is -2.26. The van der Waals surface area contributed by atoms with Gasteiger partial charge in [-0.3, -0.25) is 4.79 Å². The number of halogens is 2. The third kappa shape index (κ3) is 4.33. The van der Waals surface area contributed by atoms with Gasteiger partial charge in [-0.1, -0.05) is 0 Å². The predicted octanol–water partition coefficient (Wildman–Crippen LogP) is 2.35. The molecular weight excluding hydrogens is 260 g/mol. The lowest BCUT2D eigenvalue weighted by Crippen LogP contribution is -2.37. The van der Waals surface area contributed by atoms with E-state index in [-0.39, 0.29) is 19.5 Å². The molecule has 19 heavy (non-hydrogen) atoms. The summed E-state index contributed by atoms with van der Waals surface area (Å²) < 4.78 is 32.3. The van der Waals surface area contributed by atoms with E-state index in [1.54, 1.807) is 20.8 Å². The highest BCUT2D eigenvalue weighted by atomic mass is 19.3. The summed E-state index contributed by atoms with van der Waals surface area (Å²) in [6.07, 6.45) is -1.63. The minimum absolute atomic E-state index is 0.0402. The van der Waals surface area contributed by atoms with Crippen molar-refractivity contribution in [2.45, 2.75) is 45.1 Å². The Morgan fingerprint density at radius 1 is 1.32 bits per heavy atom. The summed E-state index contributed by atoms with van der Waals surface area (Å²) in [5.74, 6) is -6.58. The summed E-state index contributed by atoms with van der Waals surface area (Å²) in [5, 5.41) is 8.80. The average molecular weight is 279 g/mol. The third-order valence-corrected chi connectivity index (χ3v) is 2.86. The molecule has 0 aromatic heterocycles. The second-order valence-electron chi connectivity index (χ2n) is 5.66. The highest BCUT2D eigenvalue weighted by Crippen LogP contribution is 2.34. The van der Waals surface area contributed by atoms with Crippen LogP contribution in [-0.4, -0.2) is 46.7 Å². The van der Waals surface area contributed by atoms with Crippen LogP contribution in [0, 0.1) is 5.92 Å². The molecule has 0 spiro atoms. The van der Waals surface area contributed by atoms with E-state index in [9.17, 15) is 18.4 Å². The van der Waals surface area contributed by atoms with Crippen molar-refractivity contribution in [1.29, 1.82) is 0 Å². The van der Waals surface area contributed by atoms with Gasteiger partial charge in [0.15, 0.2) is 0 Å². The van der Waals surface area contributed by atoms with Crippen LogP contribution in [0.5, 0.6) is 0 Å². The molecule has 0 saturated carbocycles. The molecule has 1 N–H and O–H groups in total. The second kappa shape index (κ2) is 5.30. The average Bonchev–Trinajstić information content (AvgIpc) is 2.33. The number of nitrogens with zero attached hydrogens (tertiary/aromatic N) is 1. The normalized spacial score (nSPS) is 23.6. The van der Waals surface area contributed by atoms with Crippen molar-refractivity contribution in [3.8, 4) is 0 Å². The first-order valence-corrected chi connectivity index (χ1v) is 6.11. The molecule has 0 aromatic rings. The number of likely N-dealkylation sites (tertiary alicyclic amines) is 1. The van der Waals surface area contributed by atoms with Crippen molar-refractivity contribution in [3.63, 3.8) is 0 Å². The van der Waals surface area contributed by atoms with E-state index >= 15 is 0 Å². The number of hydrogen-bond acceptors (Lipinski definition) is 3. The third-order valence-electron chi connectivity index (χ3n) is 2.86. The van der Waals surface area contributed by atoms with E-state index in [0.717, 1.165) is 4.90 Å². The van der Waals surface area contributed by atoms with Gasteiger partial charge in [0.25, 0.3) is 5.92 Å². The van der Waals surface area contributed by atoms with E-state index in [2.05, 4.69) is 0 Å². The maximum Gasteiger partial charge on any atom is 0.410 e. The predicted molar refractivity (Wildman–Crippen MR) is 63.1 cm³/mol. The smallest absolute Gasteiger partial charge is 0.410 e. The molecular formula is C12H19F2NO4. The molecule has 1 aliphatic rings. The maximum absolute atomic E-state index is 13.6. The Hall–Kier alpha value is -1.40. The van der Waals surface area contributed by atoms with Crippen LogP contribution in [-0.2, 0) is 9.53 Å². The number of alkyl halides is 2. The van der Waals surface area contributed by atoms with Crippen molar-refractivity contribution >= 4 is 12.1 Å². The van der Waals surface area contributed by atoms with Gasteiger partial charge < -0.3 is 14.7 Å². The topological polar surface area (TPSA) is 66.8 Å². The van der Waals surface area contributed by atoms with Crippen LogP contribution < -0.4 is 0 Å². The Bertz CT molecular complexity index is 365. The number of aliphatic carboxylic acids is 1. The summed E-state index contributed by atoms with van der Waals surface area (Å²) in [6.45, 7) is 4.79. The molecule has 5 nitrogen and oxygen atoms in total. The van der Waals surface area contributed by atoms with Gasteiger partial charge in [-0.2, -0.15) is 0 Å². The van der Waals surface area contributed by atoms with E-state index in [1.165, 1.54) is 0 Å². The van der Waals surface area contributed by atoms with Crippen LogP contribution in [0.15, 0.2) is 0 Å². The minimum Gasteiger partial charge on any atom is -0.481 e. The Labute approximate surface area is 110 Å². The highest BCUT2D eigenvalue weighted by Gasteiger charge is 2.46. The van der Waals surface area contributed by atoms with E-state index in [4.69, 9.17) is 9.84 Å². The summed E-state index contributed by atoms with van der Waals surface area (Å²) in [4.78, 5) is 23.7. The van der Waals surface area contributed by atoms with Gasteiger partial charge in [-0.05, 0) is 27.2 Å². The van der Waals surface area contributed by atoms with Gasteiger partial charge in [-0.15, -0.1) is 0 Å². The number of carboxylic acids is 1. The second-order valence-corrected chi connectivity index (χ2v) is 5.66. The van der Waals surface area contributed by atoms with Gasteiger partial charge in [-0.25, -0.2) is 13.6 Å². The molecule has 1 rings (SSSR count). The van der Waals surface area contributed by atoms with Gasteiger partial charge in [0, 0.05) is 19.5 Å². The molecule has 110 valence electrons. The molecule has 1 fully saturated rings. The lowest BCUT2D eigenvalue weighted by atomic mass is 9.97. The van der Waals surface area contributed by atoms with Crippen molar-refractivity contribution in [2.24, 2.45) is 5.92 Å². The van der Waals surface area contributed by atoms with Crippen molar-refractivity contribution in [2.75, 3.05) is 13.1 Å². The number of hydrogen-bond donors (Lipinski definition) is 1. The van der Waals surface area contributed by atoms with Crippen molar-refractivity contribution in [1.82, 2.24) is 4.90 Å². The summed E-state index contributed by atoms with van der Waals surface area (Å²) in [5.41, 5.74) is -0.710. The number of ether oxygens (including phenoxy) is 1. The highest BCUT2D eigenvalue weighted by molar-refractivity contribution is 5.72. The lowest BCUT2D eigenvalue weighted by molar-refractivity contribution is -0.157. The molecule has 0 bridgehead atoms. The monoisotopic (exact) mass is 279 g/mol. The fraction of sp³-hybridized carbons (Fsp3) is 0.833. The van der Waals surface area contributed by atoms with E-state index < -0.39 is 35.9 Å². The first-order chi connectivity index (χ1) is 8.53. The first-order valence-electron chi connectivity index (χ1n) is 6.11. The molecule has 1 unspecified atom stereocenters. The van der Waals surface area contributed by atoms with Gasteiger partial charge in [0.1, 0.15) is 11.5 Å². The molecule has 7 heteroatoms. The largest absolute Gasteiger partial charge is 0.481 e. The minimum atomic E-state index is -3.30. The molecule has 1 heterocycles. The fourth-order valence-electron chi connectivity index (χ4n) is 1.88. The van der Waals surface area contributed by atoms with Crippen LogP contribution in [0.4, 0.5) is 13.6 Å². The van der Waals surface area contributed by atoms with Crippen molar-refractivity contribution in [3.05, 3.63) is 0 Å². The molecule has 1 amide bonds. The van der Waals surface area contributed by atoms with Crippen molar-refractivity contribution < 1.29 is 28.2 Å². The SMILES string of the molecule is CC(C)(C)OC(=O)N1CCC(C(=O)O)C(F)(F)CC1. The molecule has 0 aromatic carbocycles. The summed E-state index contributed by atoms with van der Waals surface area (Å²) in [7, 11) is 0. The Morgan fingerprint density at radius 2 is 1.89 bits per heavy atom. The van der Waals surface area contributed by atoms with Crippen LogP contribution in [0.3, 0.4) is 0 Å². The molecule has 0 radical (unpaired) electrons. The fourth-order valence-corrected chi connectivity index (χ4v) is 1.88. The van der Waals surface area contributed by atoms with Crippen LogP contribution in [0.2, 0.25) is 0 Å². The van der Waals surface area contributed by atoms with E-state index in [0.29, 0.717) is 0 Å². The number of carbonyl (C=O) groups is 2. The maximum atomic E-state index is 13.6. The molecule has 1 saturated heterocycles. The molecule has 0 aliphatic carbocycles. The first kappa shape index (κ1) is 15.7. The number of rotatable bonds is 1. The standard InChI is InChI=1S/C12H19F2NO4/c1-11(2,3)19-10(18)15-6-4-8(9(16)17)12(13,14)5-7-15/h8H,4-7H2,1-3H3,(H,16,17). The summed E-state index contributed by atoms with van der Waals surface area (Å²) >= 11 is 0. The van der Waals surface area contributed by atoms with E-state index in [1.807, 2.05) is 0 Å². The number of carbonyl (C=O) groups excluding carboxylic acids is 1. The molecule has 1 atom stereocenters. The van der Waals surface area contributed by atoms with Crippen LogP contribution in [0.1, 0.15) is 33.6 Å².